The van der Waals surface area contributed by atoms with Gasteiger partial charge in [0.2, 0.25) is 10.0 Å². The first kappa shape index (κ1) is 17.4. The minimum absolute atomic E-state index is 0.0825. The van der Waals surface area contributed by atoms with Crippen molar-refractivity contribution in [2.24, 2.45) is 5.41 Å². The highest BCUT2D eigenvalue weighted by molar-refractivity contribution is 7.89. The number of ether oxygens (including phenoxy) is 1. The van der Waals surface area contributed by atoms with E-state index in [0.29, 0.717) is 18.7 Å². The van der Waals surface area contributed by atoms with Gasteiger partial charge in [0, 0.05) is 24.5 Å². The minimum Gasteiger partial charge on any atom is -0.465 e. The molecule has 2 heterocycles. The first-order valence-corrected chi connectivity index (χ1v) is 9.89. The smallest absolute Gasteiger partial charge is 0.337 e. The van der Waals surface area contributed by atoms with Gasteiger partial charge in [0.25, 0.3) is 0 Å². The van der Waals surface area contributed by atoms with Crippen LogP contribution in [0.5, 0.6) is 0 Å². The third-order valence-electron chi connectivity index (χ3n) is 5.20. The number of hydrogen-bond acceptors (Lipinski definition) is 5. The number of hydrogen-bond donors (Lipinski definition) is 1. The average Bonchev–Trinajstić information content (AvgIpc) is 2.59. The van der Waals surface area contributed by atoms with E-state index >= 15 is 0 Å². The number of rotatable bonds is 4. The second-order valence-electron chi connectivity index (χ2n) is 6.74. The van der Waals surface area contributed by atoms with E-state index in [0.717, 1.165) is 24.9 Å². The molecule has 2 saturated heterocycles. The number of carbonyl (C=O) groups is 1. The normalized spacial score (nSPS) is 23.7. The Hall–Kier alpha value is -1.44. The van der Waals surface area contributed by atoms with Gasteiger partial charge in [-0.3, -0.25) is 0 Å². The quantitative estimate of drug-likeness (QED) is 0.832. The van der Waals surface area contributed by atoms with Crippen molar-refractivity contribution in [1.29, 1.82) is 0 Å². The monoisotopic (exact) mass is 352 g/mol. The first-order chi connectivity index (χ1) is 11.4. The van der Waals surface area contributed by atoms with Crippen molar-refractivity contribution in [2.45, 2.75) is 25.8 Å². The SMILES string of the molecule is CCS(=O)(=O)N1CC2(CCNC(c3ccc(C(=O)OC)cc3)C2)C1. The standard InChI is InChI=1S/C17H24N2O4S/c1-3-24(21,22)19-11-17(12-19)8-9-18-15(10-17)13-4-6-14(7-5-13)16(20)23-2/h4-7,15,18H,3,8-12H2,1-2H3. The lowest BCUT2D eigenvalue weighted by atomic mass is 9.70. The lowest BCUT2D eigenvalue weighted by molar-refractivity contribution is 0.0207. The van der Waals surface area contributed by atoms with Crippen molar-refractivity contribution in [1.82, 2.24) is 9.62 Å². The first-order valence-electron chi connectivity index (χ1n) is 8.29. The van der Waals surface area contributed by atoms with E-state index < -0.39 is 10.0 Å². The van der Waals surface area contributed by atoms with Crippen LogP contribution in [0.4, 0.5) is 0 Å². The summed E-state index contributed by atoms with van der Waals surface area (Å²) in [6, 6.07) is 7.64. The summed E-state index contributed by atoms with van der Waals surface area (Å²) in [4.78, 5) is 11.5. The topological polar surface area (TPSA) is 75.7 Å². The predicted molar refractivity (Wildman–Crippen MR) is 91.2 cm³/mol. The number of methoxy groups -OCH3 is 1. The molecule has 0 radical (unpaired) electrons. The van der Waals surface area contributed by atoms with Gasteiger partial charge in [0.05, 0.1) is 18.4 Å². The van der Waals surface area contributed by atoms with Crippen LogP contribution in [-0.2, 0) is 14.8 Å². The van der Waals surface area contributed by atoms with Gasteiger partial charge < -0.3 is 10.1 Å². The molecular formula is C17H24N2O4S. The van der Waals surface area contributed by atoms with Gasteiger partial charge in [-0.25, -0.2) is 17.5 Å². The van der Waals surface area contributed by atoms with Crippen LogP contribution in [0, 0.1) is 5.41 Å². The summed E-state index contributed by atoms with van der Waals surface area (Å²) in [5.74, 6) is -0.172. The van der Waals surface area contributed by atoms with Crippen LogP contribution in [0.15, 0.2) is 24.3 Å². The molecule has 132 valence electrons. The molecule has 6 nitrogen and oxygen atoms in total. The fourth-order valence-corrected chi connectivity index (χ4v) is 5.00. The van der Waals surface area contributed by atoms with E-state index in [1.807, 2.05) is 12.1 Å². The Morgan fingerprint density at radius 3 is 2.58 bits per heavy atom. The molecule has 7 heteroatoms. The zero-order chi connectivity index (χ0) is 17.4. The number of sulfonamides is 1. The second-order valence-corrected chi connectivity index (χ2v) is 9.00. The average molecular weight is 352 g/mol. The third-order valence-corrected chi connectivity index (χ3v) is 6.97. The van der Waals surface area contributed by atoms with Gasteiger partial charge in [-0.15, -0.1) is 0 Å². The van der Waals surface area contributed by atoms with Crippen LogP contribution in [0.1, 0.15) is 41.7 Å². The molecule has 0 saturated carbocycles. The summed E-state index contributed by atoms with van der Waals surface area (Å²) >= 11 is 0. The summed E-state index contributed by atoms with van der Waals surface area (Å²) in [6.07, 6.45) is 1.92. The van der Waals surface area contributed by atoms with Gasteiger partial charge >= 0.3 is 5.97 Å². The van der Waals surface area contributed by atoms with Crippen LogP contribution in [0.2, 0.25) is 0 Å². The van der Waals surface area contributed by atoms with Crippen molar-refractivity contribution >= 4 is 16.0 Å². The fourth-order valence-electron chi connectivity index (χ4n) is 3.69. The third kappa shape index (κ3) is 3.20. The minimum atomic E-state index is -3.08. The molecule has 1 N–H and O–H groups in total. The zero-order valence-electron chi connectivity index (χ0n) is 14.1. The largest absolute Gasteiger partial charge is 0.465 e. The Kier molecular flexibility index (Phi) is 4.68. The van der Waals surface area contributed by atoms with Gasteiger partial charge in [-0.05, 0) is 44.0 Å². The van der Waals surface area contributed by atoms with Crippen molar-refractivity contribution in [3.8, 4) is 0 Å². The Labute approximate surface area is 143 Å². The van der Waals surface area contributed by atoms with Crippen LogP contribution in [0.25, 0.3) is 0 Å². The van der Waals surface area contributed by atoms with Gasteiger partial charge in [-0.1, -0.05) is 12.1 Å². The van der Waals surface area contributed by atoms with Crippen LogP contribution in [0.3, 0.4) is 0 Å². The summed E-state index contributed by atoms with van der Waals surface area (Å²) in [6.45, 7) is 3.82. The summed E-state index contributed by atoms with van der Waals surface area (Å²) in [5, 5.41) is 3.50. The number of esters is 1. The van der Waals surface area contributed by atoms with Gasteiger partial charge in [0.1, 0.15) is 0 Å². The van der Waals surface area contributed by atoms with Crippen molar-refractivity contribution in [3.05, 3.63) is 35.4 Å². The van der Waals surface area contributed by atoms with E-state index in [9.17, 15) is 13.2 Å². The molecule has 0 amide bonds. The molecule has 1 unspecified atom stereocenters. The maximum atomic E-state index is 12.0. The van der Waals surface area contributed by atoms with Crippen LogP contribution < -0.4 is 5.32 Å². The Morgan fingerprint density at radius 1 is 1.33 bits per heavy atom. The molecule has 1 aromatic carbocycles. The molecule has 0 aromatic heterocycles. The number of nitrogens with zero attached hydrogens (tertiary/aromatic N) is 1. The predicted octanol–water partition coefficient (Wildman–Crippen LogP) is 1.55. The summed E-state index contributed by atoms with van der Waals surface area (Å²) in [5.41, 5.74) is 1.74. The Balaban J connectivity index is 1.68. The van der Waals surface area contributed by atoms with E-state index in [-0.39, 0.29) is 23.2 Å². The number of piperidine rings is 1. The van der Waals surface area contributed by atoms with E-state index in [4.69, 9.17) is 4.74 Å². The van der Waals surface area contributed by atoms with E-state index in [2.05, 4.69) is 5.32 Å². The summed E-state index contributed by atoms with van der Waals surface area (Å²) in [7, 11) is -1.71. The second kappa shape index (κ2) is 6.46. The maximum absolute atomic E-state index is 12.0. The lowest BCUT2D eigenvalue weighted by Crippen LogP contribution is -2.62. The highest BCUT2D eigenvalue weighted by atomic mass is 32.2. The lowest BCUT2D eigenvalue weighted by Gasteiger charge is -2.53. The molecule has 24 heavy (non-hydrogen) atoms. The molecule has 1 aromatic rings. The molecule has 2 fully saturated rings. The fraction of sp³-hybridized carbons (Fsp3) is 0.588. The molecule has 1 atom stereocenters. The van der Waals surface area contributed by atoms with Crippen molar-refractivity contribution < 1.29 is 17.9 Å². The van der Waals surface area contributed by atoms with E-state index in [1.165, 1.54) is 7.11 Å². The van der Waals surface area contributed by atoms with Crippen LogP contribution in [-0.4, -0.2) is 51.2 Å². The molecule has 2 aliphatic heterocycles. The summed E-state index contributed by atoms with van der Waals surface area (Å²) < 4.78 is 30.2. The highest BCUT2D eigenvalue weighted by Gasteiger charge is 2.49. The number of nitrogens with one attached hydrogen (secondary N) is 1. The van der Waals surface area contributed by atoms with Gasteiger partial charge in [0.15, 0.2) is 0 Å². The van der Waals surface area contributed by atoms with Crippen molar-refractivity contribution in [2.75, 3.05) is 32.5 Å². The van der Waals surface area contributed by atoms with E-state index in [1.54, 1.807) is 23.4 Å². The van der Waals surface area contributed by atoms with Crippen LogP contribution >= 0.6 is 0 Å². The Bertz CT molecular complexity index is 709. The molecule has 3 rings (SSSR count). The molecule has 2 aliphatic rings. The highest BCUT2D eigenvalue weighted by Crippen LogP contribution is 2.45. The molecule has 0 bridgehead atoms. The van der Waals surface area contributed by atoms with Gasteiger partial charge in [-0.2, -0.15) is 0 Å². The number of carbonyl (C=O) groups excluding carboxylic acids is 1. The molecule has 0 aliphatic carbocycles. The van der Waals surface area contributed by atoms with Crippen molar-refractivity contribution in [3.63, 3.8) is 0 Å². The maximum Gasteiger partial charge on any atom is 0.337 e. The number of benzene rings is 1. The molecular weight excluding hydrogens is 328 g/mol. The Morgan fingerprint density at radius 2 is 2.00 bits per heavy atom. The molecule has 1 spiro atoms. The zero-order valence-corrected chi connectivity index (χ0v) is 14.9.